The van der Waals surface area contributed by atoms with Gasteiger partial charge in [0.25, 0.3) is 0 Å². The number of aromatic carboxylic acids is 1. The lowest BCUT2D eigenvalue weighted by molar-refractivity contribution is 0.0696. The van der Waals surface area contributed by atoms with Gasteiger partial charge < -0.3 is 5.11 Å². The molecule has 0 radical (unpaired) electrons. The van der Waals surface area contributed by atoms with Crippen LogP contribution >= 0.6 is 0 Å². The number of sulfonamides is 1. The number of fused-ring (bicyclic) bond motifs is 1. The van der Waals surface area contributed by atoms with Crippen LogP contribution in [0.5, 0.6) is 0 Å². The fraction of sp³-hybridized carbons (Fsp3) is 0.0588. The van der Waals surface area contributed by atoms with Crippen LogP contribution in [0.2, 0.25) is 0 Å². The number of carboxylic acids is 1. The summed E-state index contributed by atoms with van der Waals surface area (Å²) in [6.07, 6.45) is 1.60. The first-order valence-corrected chi connectivity index (χ1v) is 8.71. The number of halogens is 1. The maximum atomic E-state index is 13.5. The highest BCUT2D eigenvalue weighted by molar-refractivity contribution is 7.89. The molecule has 128 valence electrons. The van der Waals surface area contributed by atoms with E-state index in [-0.39, 0.29) is 6.54 Å². The van der Waals surface area contributed by atoms with E-state index in [1.54, 1.807) is 24.4 Å². The van der Waals surface area contributed by atoms with Crippen molar-refractivity contribution in [3.05, 3.63) is 71.7 Å². The molecular weight excluding hydrogens is 347 g/mol. The summed E-state index contributed by atoms with van der Waals surface area (Å²) in [5.74, 6) is -2.35. The topological polar surface area (TPSA) is 96.4 Å². The second kappa shape index (κ2) is 6.58. The highest BCUT2D eigenvalue weighted by atomic mass is 32.2. The van der Waals surface area contributed by atoms with E-state index < -0.39 is 32.3 Å². The quantitative estimate of drug-likeness (QED) is 0.729. The van der Waals surface area contributed by atoms with Crippen molar-refractivity contribution in [1.82, 2.24) is 9.71 Å². The van der Waals surface area contributed by atoms with Gasteiger partial charge in [0.05, 0.1) is 16.0 Å². The van der Waals surface area contributed by atoms with Crippen LogP contribution < -0.4 is 4.72 Å². The molecule has 1 heterocycles. The van der Waals surface area contributed by atoms with Crippen molar-refractivity contribution in [2.24, 2.45) is 0 Å². The Hall–Kier alpha value is -2.84. The Balaban J connectivity index is 1.91. The number of benzene rings is 2. The first kappa shape index (κ1) is 17.0. The summed E-state index contributed by atoms with van der Waals surface area (Å²) in [5.41, 5.74) is 0.863. The summed E-state index contributed by atoms with van der Waals surface area (Å²) in [6.45, 7) is -0.0599. The van der Waals surface area contributed by atoms with Crippen LogP contribution in [0.1, 0.15) is 15.9 Å². The fourth-order valence-corrected chi connectivity index (χ4v) is 3.47. The molecule has 0 bridgehead atoms. The van der Waals surface area contributed by atoms with Gasteiger partial charge in [0, 0.05) is 18.1 Å². The van der Waals surface area contributed by atoms with E-state index in [1.807, 2.05) is 12.1 Å². The van der Waals surface area contributed by atoms with Crippen LogP contribution in [-0.2, 0) is 16.6 Å². The lowest BCUT2D eigenvalue weighted by atomic mass is 10.1. The third-order valence-electron chi connectivity index (χ3n) is 3.60. The van der Waals surface area contributed by atoms with Gasteiger partial charge in [0.15, 0.2) is 0 Å². The molecule has 3 rings (SSSR count). The molecule has 0 fully saturated rings. The normalized spacial score (nSPS) is 11.6. The Morgan fingerprint density at radius 1 is 1.16 bits per heavy atom. The van der Waals surface area contributed by atoms with Gasteiger partial charge in [-0.05, 0) is 29.8 Å². The van der Waals surface area contributed by atoms with Crippen LogP contribution in [0.25, 0.3) is 10.9 Å². The molecule has 0 aliphatic rings. The van der Waals surface area contributed by atoms with Crippen molar-refractivity contribution in [2.45, 2.75) is 11.4 Å². The Labute approximate surface area is 143 Å². The van der Waals surface area contributed by atoms with Crippen molar-refractivity contribution in [1.29, 1.82) is 0 Å². The minimum atomic E-state index is -4.09. The molecule has 0 saturated heterocycles. The Morgan fingerprint density at radius 3 is 2.68 bits per heavy atom. The number of rotatable bonds is 5. The smallest absolute Gasteiger partial charge is 0.335 e. The monoisotopic (exact) mass is 360 g/mol. The van der Waals surface area contributed by atoms with E-state index in [1.165, 1.54) is 0 Å². The average molecular weight is 360 g/mol. The molecule has 2 aromatic carbocycles. The second-order valence-electron chi connectivity index (χ2n) is 5.30. The van der Waals surface area contributed by atoms with Gasteiger partial charge >= 0.3 is 5.97 Å². The Bertz CT molecular complexity index is 1060. The van der Waals surface area contributed by atoms with Crippen LogP contribution in [0.15, 0.2) is 59.6 Å². The fourth-order valence-electron chi connectivity index (χ4n) is 2.41. The van der Waals surface area contributed by atoms with E-state index in [2.05, 4.69) is 9.71 Å². The number of carbonyl (C=O) groups is 1. The van der Waals surface area contributed by atoms with Crippen LogP contribution in [0.4, 0.5) is 4.39 Å². The predicted molar refractivity (Wildman–Crippen MR) is 89.1 cm³/mol. The van der Waals surface area contributed by atoms with Gasteiger partial charge in [-0.3, -0.25) is 4.98 Å². The maximum Gasteiger partial charge on any atom is 0.335 e. The van der Waals surface area contributed by atoms with E-state index >= 15 is 0 Å². The predicted octanol–water partition coefficient (Wildman–Crippen LogP) is 2.55. The van der Waals surface area contributed by atoms with Gasteiger partial charge in [-0.15, -0.1) is 0 Å². The summed E-state index contributed by atoms with van der Waals surface area (Å²) in [7, 11) is -4.09. The Morgan fingerprint density at radius 2 is 1.92 bits per heavy atom. The molecule has 0 saturated carbocycles. The largest absolute Gasteiger partial charge is 0.478 e. The van der Waals surface area contributed by atoms with Crippen molar-refractivity contribution in [3.63, 3.8) is 0 Å². The molecule has 0 amide bonds. The molecule has 0 atom stereocenters. The zero-order valence-electron chi connectivity index (χ0n) is 12.8. The van der Waals surface area contributed by atoms with Gasteiger partial charge in [0.2, 0.25) is 10.0 Å². The summed E-state index contributed by atoms with van der Waals surface area (Å²) in [4.78, 5) is 14.8. The number of nitrogens with one attached hydrogen (secondary N) is 1. The molecule has 6 nitrogen and oxygen atoms in total. The number of para-hydroxylation sites is 1. The minimum Gasteiger partial charge on any atom is -0.478 e. The maximum absolute atomic E-state index is 13.5. The summed E-state index contributed by atoms with van der Waals surface area (Å²) >= 11 is 0. The van der Waals surface area contributed by atoms with Gasteiger partial charge in [-0.25, -0.2) is 22.3 Å². The highest BCUT2D eigenvalue weighted by Gasteiger charge is 2.18. The number of hydrogen-bond donors (Lipinski definition) is 2. The van der Waals surface area contributed by atoms with Gasteiger partial charge in [0.1, 0.15) is 5.82 Å². The van der Waals surface area contributed by atoms with E-state index in [4.69, 9.17) is 5.11 Å². The zero-order valence-corrected chi connectivity index (χ0v) is 13.6. The van der Waals surface area contributed by atoms with Crippen LogP contribution in [-0.4, -0.2) is 24.5 Å². The minimum absolute atomic E-state index is 0.0599. The van der Waals surface area contributed by atoms with Crippen molar-refractivity contribution >= 4 is 26.9 Å². The molecule has 0 aliphatic carbocycles. The number of hydrogen-bond acceptors (Lipinski definition) is 4. The number of pyridine rings is 1. The first-order chi connectivity index (χ1) is 11.9. The second-order valence-corrected chi connectivity index (χ2v) is 7.06. The molecule has 25 heavy (non-hydrogen) atoms. The van der Waals surface area contributed by atoms with E-state index in [9.17, 15) is 17.6 Å². The standard InChI is InChI=1S/C17H13FN2O4S/c18-14-7-13(17(21)22)8-15(9-14)25(23,24)20-10-12-4-1-3-11-5-2-6-19-16(11)12/h1-9,20H,10H2,(H,21,22). The first-order valence-electron chi connectivity index (χ1n) is 7.23. The van der Waals surface area contributed by atoms with Crippen LogP contribution in [0, 0.1) is 5.82 Å². The summed E-state index contributed by atoms with van der Waals surface area (Å²) in [6, 6.07) is 11.4. The van der Waals surface area contributed by atoms with Crippen molar-refractivity contribution in [2.75, 3.05) is 0 Å². The van der Waals surface area contributed by atoms with Gasteiger partial charge in [-0.1, -0.05) is 24.3 Å². The molecule has 0 spiro atoms. The molecule has 3 aromatic rings. The van der Waals surface area contributed by atoms with E-state index in [0.717, 1.165) is 23.6 Å². The molecule has 2 N–H and O–H groups in total. The zero-order chi connectivity index (χ0) is 18.0. The molecule has 1 aromatic heterocycles. The SMILES string of the molecule is O=C(O)c1cc(F)cc(S(=O)(=O)NCc2cccc3cccnc23)c1. The highest BCUT2D eigenvalue weighted by Crippen LogP contribution is 2.18. The Kier molecular flexibility index (Phi) is 4.47. The molecule has 8 heteroatoms. The molecular formula is C17H13FN2O4S. The lowest BCUT2D eigenvalue weighted by Crippen LogP contribution is -2.24. The molecule has 0 aliphatic heterocycles. The number of aromatic nitrogens is 1. The van der Waals surface area contributed by atoms with Gasteiger partial charge in [-0.2, -0.15) is 0 Å². The average Bonchev–Trinajstić information content (AvgIpc) is 2.59. The van der Waals surface area contributed by atoms with E-state index in [0.29, 0.717) is 11.1 Å². The van der Waals surface area contributed by atoms with Crippen molar-refractivity contribution in [3.8, 4) is 0 Å². The third kappa shape index (κ3) is 3.65. The van der Waals surface area contributed by atoms with Crippen molar-refractivity contribution < 1.29 is 22.7 Å². The number of carboxylic acid groups (broad SMARTS) is 1. The van der Waals surface area contributed by atoms with Crippen LogP contribution in [0.3, 0.4) is 0 Å². The third-order valence-corrected chi connectivity index (χ3v) is 4.98. The molecule has 0 unspecified atom stereocenters. The lowest BCUT2D eigenvalue weighted by Gasteiger charge is -2.09. The summed E-state index contributed by atoms with van der Waals surface area (Å²) in [5, 5.41) is 9.79. The summed E-state index contributed by atoms with van der Waals surface area (Å²) < 4.78 is 40.6. The number of nitrogens with zero attached hydrogens (tertiary/aromatic N) is 1.